The van der Waals surface area contributed by atoms with Crippen molar-refractivity contribution in [2.75, 3.05) is 30.7 Å². The number of oxime groups is 1. The number of carbonyl (C=O) groups excluding carboxylic acids is 2. The number of hydrogen-bond donors (Lipinski definition) is 6. The number of nitrogens with zero attached hydrogens (tertiary/aromatic N) is 4. The van der Waals surface area contributed by atoms with Gasteiger partial charge in [0.05, 0.1) is 25.3 Å². The quantitative estimate of drug-likeness (QED) is 0.0393. The Morgan fingerprint density at radius 2 is 2.02 bits per heavy atom. The van der Waals surface area contributed by atoms with E-state index in [0.717, 1.165) is 23.2 Å². The van der Waals surface area contributed by atoms with Crippen LogP contribution in [-0.2, 0) is 41.0 Å². The average molecular weight is 712 g/mol. The van der Waals surface area contributed by atoms with Crippen LogP contribution < -0.4 is 31.4 Å². The summed E-state index contributed by atoms with van der Waals surface area (Å²) in [6.45, 7) is 3.01. The molecular formula is C27H32FN8O10S2+. The molecule has 1 aliphatic heterocycles. The van der Waals surface area contributed by atoms with Crippen LogP contribution >= 0.6 is 11.3 Å². The molecule has 0 radical (unpaired) electrons. The second-order valence-corrected chi connectivity index (χ2v) is 12.6. The van der Waals surface area contributed by atoms with E-state index in [4.69, 9.17) is 25.6 Å². The Bertz CT molecular complexity index is 1850. The monoisotopic (exact) mass is 711 g/mol. The minimum absolute atomic E-state index is 0.0201. The molecule has 1 aliphatic rings. The highest BCUT2D eigenvalue weighted by atomic mass is 32.3. The van der Waals surface area contributed by atoms with Crippen molar-refractivity contribution in [2.24, 2.45) is 17.9 Å². The number of β-lactam (4-membered cyclic amide) rings is 1. The fraction of sp³-hybridized carbons (Fsp3) is 0.333. The summed E-state index contributed by atoms with van der Waals surface area (Å²) >= 11 is 0.924. The molecule has 1 saturated heterocycles. The maximum absolute atomic E-state index is 15.1. The van der Waals surface area contributed by atoms with Gasteiger partial charge in [0.15, 0.2) is 10.8 Å². The molecule has 0 saturated carbocycles. The number of aromatic nitrogens is 2. The number of nitrogens with one attached hydrogen (secondary N) is 2. The topological polar surface area (TPSA) is 262 Å². The molecule has 1 aromatic carbocycles. The SMILES string of the molecule is C[n+]1cc(-c2ccc(OCC(O/N=C(\C(=O)N[C@@H]3C(=O)N(OS(=O)(=O)O)C3(C)C)c3csc(N)n3)C(=O)O)cc2F)ccc1NCCN. The van der Waals surface area contributed by atoms with Crippen LogP contribution in [0.5, 0.6) is 5.75 Å². The summed E-state index contributed by atoms with van der Waals surface area (Å²) < 4.78 is 57.7. The number of anilines is 2. The van der Waals surface area contributed by atoms with Gasteiger partial charge < -0.3 is 31.5 Å². The molecule has 0 bridgehead atoms. The van der Waals surface area contributed by atoms with Gasteiger partial charge in [0.2, 0.25) is 0 Å². The highest BCUT2D eigenvalue weighted by Gasteiger charge is 2.58. The summed E-state index contributed by atoms with van der Waals surface area (Å²) in [7, 11) is -3.25. The number of aryl methyl sites for hydroxylation is 1. The van der Waals surface area contributed by atoms with Gasteiger partial charge in [-0.25, -0.2) is 18.7 Å². The van der Waals surface area contributed by atoms with Crippen LogP contribution in [0.1, 0.15) is 19.5 Å². The Morgan fingerprint density at radius 1 is 1.29 bits per heavy atom. The van der Waals surface area contributed by atoms with Gasteiger partial charge in [0.25, 0.3) is 23.7 Å². The van der Waals surface area contributed by atoms with Crippen LogP contribution in [0.2, 0.25) is 0 Å². The van der Waals surface area contributed by atoms with Crippen LogP contribution in [0.25, 0.3) is 11.1 Å². The predicted molar refractivity (Wildman–Crippen MR) is 167 cm³/mol. The van der Waals surface area contributed by atoms with Crippen molar-refractivity contribution < 1.29 is 55.3 Å². The zero-order chi connectivity index (χ0) is 35.4. The molecule has 0 aliphatic carbocycles. The van der Waals surface area contributed by atoms with Crippen molar-refractivity contribution >= 4 is 56.2 Å². The van der Waals surface area contributed by atoms with E-state index in [1.807, 2.05) is 0 Å². The molecule has 18 nitrogen and oxygen atoms in total. The van der Waals surface area contributed by atoms with Gasteiger partial charge in [-0.05, 0) is 32.0 Å². The molecular weight excluding hydrogens is 679 g/mol. The Morgan fingerprint density at radius 3 is 2.58 bits per heavy atom. The Kier molecular flexibility index (Phi) is 10.8. The lowest BCUT2D eigenvalue weighted by Crippen LogP contribution is -2.76. The van der Waals surface area contributed by atoms with Gasteiger partial charge >= 0.3 is 16.4 Å². The summed E-state index contributed by atoms with van der Waals surface area (Å²) in [5, 5.41) is 20.5. The van der Waals surface area contributed by atoms with Gasteiger partial charge in [-0.2, -0.15) is 13.5 Å². The van der Waals surface area contributed by atoms with E-state index in [-0.39, 0.29) is 22.1 Å². The third-order valence-electron chi connectivity index (χ3n) is 6.88. The Hall–Kier alpha value is -4.96. The fourth-order valence-corrected chi connectivity index (χ4v) is 5.43. The third kappa shape index (κ3) is 8.30. The number of benzene rings is 1. The molecule has 4 rings (SSSR count). The number of rotatable bonds is 15. The number of hydrogen-bond acceptors (Lipinski definition) is 14. The van der Waals surface area contributed by atoms with Crippen molar-refractivity contribution in [1.29, 1.82) is 0 Å². The lowest BCUT2D eigenvalue weighted by atomic mass is 9.84. The van der Waals surface area contributed by atoms with E-state index >= 15 is 4.39 Å². The minimum atomic E-state index is -5.04. The maximum atomic E-state index is 15.1. The lowest BCUT2D eigenvalue weighted by molar-refractivity contribution is -0.656. The number of nitrogens with two attached hydrogens (primary N) is 2. The number of amides is 2. The second kappa shape index (κ2) is 14.4. The van der Waals surface area contributed by atoms with Crippen molar-refractivity contribution in [3.8, 4) is 16.9 Å². The van der Waals surface area contributed by atoms with Crippen molar-refractivity contribution in [3.05, 3.63) is 53.4 Å². The zero-order valence-corrected chi connectivity index (χ0v) is 27.2. The lowest BCUT2D eigenvalue weighted by Gasteiger charge is -2.50. The number of carboxylic acid groups (broad SMARTS) is 1. The van der Waals surface area contributed by atoms with Crippen LogP contribution in [0, 0.1) is 5.82 Å². The van der Waals surface area contributed by atoms with Crippen LogP contribution in [0.15, 0.2) is 47.1 Å². The summed E-state index contributed by atoms with van der Waals surface area (Å²) in [4.78, 5) is 46.7. The summed E-state index contributed by atoms with van der Waals surface area (Å²) in [6.07, 6.45) is -0.0847. The predicted octanol–water partition coefficient (Wildman–Crippen LogP) is -0.181. The molecule has 1 fully saturated rings. The average Bonchev–Trinajstić information content (AvgIpc) is 3.44. The summed E-state index contributed by atoms with van der Waals surface area (Å²) in [5.74, 6) is -3.52. The van der Waals surface area contributed by atoms with E-state index in [1.165, 1.54) is 31.4 Å². The number of carboxylic acids is 1. The zero-order valence-electron chi connectivity index (χ0n) is 25.6. The highest BCUT2D eigenvalue weighted by molar-refractivity contribution is 7.80. The number of aliphatic carboxylic acids is 1. The molecule has 3 aromatic rings. The van der Waals surface area contributed by atoms with Crippen molar-refractivity contribution in [2.45, 2.75) is 31.5 Å². The number of hydroxylamine groups is 2. The minimum Gasteiger partial charge on any atom is -0.489 e. The van der Waals surface area contributed by atoms with Gasteiger partial charge in [-0.15, -0.1) is 15.6 Å². The molecule has 1 unspecified atom stereocenters. The molecule has 2 amide bonds. The highest BCUT2D eigenvalue weighted by Crippen LogP contribution is 2.33. The standard InChI is InChI=1S/C27H31FN8O10S2/c1-27(2)22(24(38)36(27)46-48(41,42)43)33-23(37)21(18-13-47-26(30)32-18)34-45-19(25(39)40)12-44-15-5-6-16(17(28)10-15)14-4-7-20(31-9-8-29)35(3)11-14/h4-7,10-11,13,19,22H,8-9,12,29H2,1-3H3,(H5,30,32,33,37,39,40,41,42,43)/p+1/b34-21-/t19?,22-/m1/s1. The molecule has 48 heavy (non-hydrogen) atoms. The summed E-state index contributed by atoms with van der Waals surface area (Å²) in [6, 6.07) is 6.10. The van der Waals surface area contributed by atoms with Gasteiger partial charge in [0.1, 0.15) is 29.9 Å². The van der Waals surface area contributed by atoms with Crippen molar-refractivity contribution in [3.63, 3.8) is 0 Å². The van der Waals surface area contributed by atoms with Gasteiger partial charge in [-0.3, -0.25) is 19.5 Å². The fourth-order valence-electron chi connectivity index (χ4n) is 4.43. The van der Waals surface area contributed by atoms with Crippen LogP contribution in [0.4, 0.5) is 15.3 Å². The van der Waals surface area contributed by atoms with Gasteiger partial charge in [-0.1, -0.05) is 5.16 Å². The first-order valence-electron chi connectivity index (χ1n) is 13.9. The van der Waals surface area contributed by atoms with Crippen LogP contribution in [0.3, 0.4) is 0 Å². The van der Waals surface area contributed by atoms with Crippen LogP contribution in [-0.4, -0.2) is 89.0 Å². The number of ether oxygens (including phenoxy) is 1. The number of carbonyl (C=O) groups is 3. The van der Waals surface area contributed by atoms with Gasteiger partial charge in [0, 0.05) is 35.2 Å². The number of thiazole rings is 1. The third-order valence-corrected chi connectivity index (χ3v) is 7.90. The van der Waals surface area contributed by atoms with Crippen molar-refractivity contribution in [1.82, 2.24) is 15.4 Å². The molecule has 8 N–H and O–H groups in total. The number of halogens is 1. The molecule has 0 spiro atoms. The molecule has 2 atom stereocenters. The second-order valence-electron chi connectivity index (χ2n) is 10.7. The van der Waals surface area contributed by atoms with E-state index in [0.29, 0.717) is 23.7 Å². The molecule has 258 valence electrons. The molecule has 3 heterocycles. The van der Waals surface area contributed by atoms with E-state index in [1.54, 1.807) is 29.9 Å². The van der Waals surface area contributed by atoms with E-state index in [2.05, 4.69) is 25.1 Å². The molecule has 2 aromatic heterocycles. The first-order chi connectivity index (χ1) is 22.5. The Labute approximate surface area is 277 Å². The number of pyridine rings is 1. The van der Waals surface area contributed by atoms with E-state index < -0.39 is 64.0 Å². The first kappa shape index (κ1) is 35.9. The largest absolute Gasteiger partial charge is 0.489 e. The number of nitrogen functional groups attached to an aromatic ring is 1. The first-order valence-corrected chi connectivity index (χ1v) is 16.1. The normalized spacial score (nSPS) is 16.5. The smallest absolute Gasteiger partial charge is 0.418 e. The maximum Gasteiger partial charge on any atom is 0.418 e. The molecule has 21 heteroatoms. The Balaban J connectivity index is 1.47. The summed E-state index contributed by atoms with van der Waals surface area (Å²) in [5.41, 5.74) is 9.85. The van der Waals surface area contributed by atoms with E-state index in [9.17, 15) is 27.9 Å².